The number of rotatable bonds is 6. The minimum atomic E-state index is 0.137. The first-order valence-corrected chi connectivity index (χ1v) is 7.89. The van der Waals surface area contributed by atoms with Gasteiger partial charge in [-0.1, -0.05) is 29.3 Å². The molecule has 2 rings (SSSR count). The van der Waals surface area contributed by atoms with Gasteiger partial charge in [0.05, 0.1) is 22.3 Å². The van der Waals surface area contributed by atoms with Gasteiger partial charge in [-0.15, -0.1) is 6.58 Å². The summed E-state index contributed by atoms with van der Waals surface area (Å²) in [4.78, 5) is 4.38. The Bertz CT molecular complexity index is 742. The quantitative estimate of drug-likeness (QED) is 0.546. The number of benzene rings is 2. The summed E-state index contributed by atoms with van der Waals surface area (Å²) in [6.07, 6.45) is 3.96. The van der Waals surface area contributed by atoms with Gasteiger partial charge in [0.1, 0.15) is 0 Å². The first-order chi connectivity index (χ1) is 11.0. The summed E-state index contributed by atoms with van der Waals surface area (Å²) in [5, 5.41) is 11.1. The highest BCUT2D eigenvalue weighted by Crippen LogP contribution is 2.32. The number of phenols is 1. The molecule has 0 aliphatic heterocycles. The van der Waals surface area contributed by atoms with E-state index in [1.54, 1.807) is 36.6 Å². The molecule has 0 unspecified atom stereocenters. The van der Waals surface area contributed by atoms with Gasteiger partial charge in [-0.2, -0.15) is 0 Å². The first-order valence-electron chi connectivity index (χ1n) is 7.13. The molecular formula is C18H17Cl2NO2. The lowest BCUT2D eigenvalue weighted by Crippen LogP contribution is -1.96. The molecule has 1 N–H and O–H groups in total. The first kappa shape index (κ1) is 17.4. The second-order valence-electron chi connectivity index (χ2n) is 4.81. The van der Waals surface area contributed by atoms with E-state index < -0.39 is 0 Å². The predicted octanol–water partition coefficient (Wildman–Crippen LogP) is 5.58. The van der Waals surface area contributed by atoms with Crippen LogP contribution in [0.25, 0.3) is 0 Å². The number of halogens is 2. The maximum Gasteiger partial charge on any atom is 0.161 e. The van der Waals surface area contributed by atoms with Crippen LogP contribution in [0.2, 0.25) is 10.0 Å². The zero-order valence-electron chi connectivity index (χ0n) is 12.7. The summed E-state index contributed by atoms with van der Waals surface area (Å²) in [5.41, 5.74) is 2.24. The third kappa shape index (κ3) is 4.50. The second kappa shape index (κ2) is 8.04. The van der Waals surface area contributed by atoms with E-state index in [-0.39, 0.29) is 5.75 Å². The molecule has 5 heteroatoms. The Balaban J connectivity index is 2.35. The van der Waals surface area contributed by atoms with Crippen molar-refractivity contribution in [1.29, 1.82) is 0 Å². The molecule has 0 radical (unpaired) electrons. The third-order valence-electron chi connectivity index (χ3n) is 3.11. The molecule has 0 heterocycles. The van der Waals surface area contributed by atoms with Crippen LogP contribution in [-0.2, 0) is 6.42 Å². The zero-order valence-corrected chi connectivity index (χ0v) is 14.2. The highest BCUT2D eigenvalue weighted by molar-refractivity contribution is 6.42. The number of aliphatic imine (C=N–C) groups is 1. The second-order valence-corrected chi connectivity index (χ2v) is 5.62. The molecule has 0 atom stereocenters. The van der Waals surface area contributed by atoms with E-state index in [4.69, 9.17) is 27.9 Å². The minimum absolute atomic E-state index is 0.137. The highest BCUT2D eigenvalue weighted by Gasteiger charge is 2.09. The van der Waals surface area contributed by atoms with Gasteiger partial charge in [-0.05, 0) is 49.2 Å². The van der Waals surface area contributed by atoms with Gasteiger partial charge in [0.15, 0.2) is 11.5 Å². The Morgan fingerprint density at radius 2 is 2.00 bits per heavy atom. The SMILES string of the molecule is C=CCc1cc(C=Nc2ccc(Cl)c(Cl)c2)cc(OCC)c1O. The topological polar surface area (TPSA) is 41.8 Å². The molecule has 0 bridgehead atoms. The molecule has 3 nitrogen and oxygen atoms in total. The Labute approximate surface area is 145 Å². The number of phenolic OH excluding ortho intramolecular Hbond substituents is 1. The van der Waals surface area contributed by atoms with Crippen molar-refractivity contribution in [2.45, 2.75) is 13.3 Å². The van der Waals surface area contributed by atoms with E-state index in [9.17, 15) is 5.11 Å². The predicted molar refractivity (Wildman–Crippen MR) is 96.9 cm³/mol. The van der Waals surface area contributed by atoms with Gasteiger partial charge in [0.2, 0.25) is 0 Å². The maximum atomic E-state index is 10.2. The Morgan fingerprint density at radius 3 is 2.65 bits per heavy atom. The minimum Gasteiger partial charge on any atom is -0.504 e. The van der Waals surface area contributed by atoms with Crippen LogP contribution in [-0.4, -0.2) is 17.9 Å². The fourth-order valence-electron chi connectivity index (χ4n) is 2.05. The van der Waals surface area contributed by atoms with Gasteiger partial charge < -0.3 is 9.84 Å². The van der Waals surface area contributed by atoms with E-state index >= 15 is 0 Å². The number of nitrogens with zero attached hydrogens (tertiary/aromatic N) is 1. The molecule has 0 spiro atoms. The van der Waals surface area contributed by atoms with Crippen LogP contribution >= 0.6 is 23.2 Å². The van der Waals surface area contributed by atoms with E-state index in [1.165, 1.54) is 0 Å². The van der Waals surface area contributed by atoms with Crippen LogP contribution < -0.4 is 4.74 Å². The molecule has 0 aromatic heterocycles. The molecule has 0 amide bonds. The monoisotopic (exact) mass is 349 g/mol. The number of aromatic hydroxyl groups is 1. The summed E-state index contributed by atoms with van der Waals surface area (Å²) in [7, 11) is 0. The number of hydrogen-bond donors (Lipinski definition) is 1. The maximum absolute atomic E-state index is 10.2. The highest BCUT2D eigenvalue weighted by atomic mass is 35.5. The molecule has 2 aromatic rings. The average Bonchev–Trinajstić information content (AvgIpc) is 2.53. The molecule has 0 saturated carbocycles. The van der Waals surface area contributed by atoms with E-state index in [0.29, 0.717) is 34.5 Å². The molecule has 23 heavy (non-hydrogen) atoms. The van der Waals surface area contributed by atoms with Gasteiger partial charge in [0.25, 0.3) is 0 Å². The van der Waals surface area contributed by atoms with Gasteiger partial charge in [-0.3, -0.25) is 4.99 Å². The fraction of sp³-hybridized carbons (Fsp3) is 0.167. The Hall–Kier alpha value is -1.97. The average molecular weight is 350 g/mol. The van der Waals surface area contributed by atoms with Crippen molar-refractivity contribution in [1.82, 2.24) is 0 Å². The van der Waals surface area contributed by atoms with Crippen LogP contribution in [0.1, 0.15) is 18.1 Å². The van der Waals surface area contributed by atoms with Crippen molar-refractivity contribution in [3.63, 3.8) is 0 Å². The zero-order chi connectivity index (χ0) is 16.8. The Morgan fingerprint density at radius 1 is 1.22 bits per heavy atom. The van der Waals surface area contributed by atoms with Crippen molar-refractivity contribution in [2.24, 2.45) is 4.99 Å². The van der Waals surface area contributed by atoms with E-state index in [0.717, 1.165) is 11.1 Å². The van der Waals surface area contributed by atoms with Gasteiger partial charge >= 0.3 is 0 Å². The van der Waals surface area contributed by atoms with Crippen LogP contribution in [0.15, 0.2) is 48.0 Å². The lowest BCUT2D eigenvalue weighted by Gasteiger charge is -2.10. The molecule has 0 fully saturated rings. The molecule has 0 aliphatic rings. The van der Waals surface area contributed by atoms with Crippen LogP contribution in [0.4, 0.5) is 5.69 Å². The van der Waals surface area contributed by atoms with E-state index in [2.05, 4.69) is 11.6 Å². The molecule has 0 saturated heterocycles. The van der Waals surface area contributed by atoms with Crippen LogP contribution in [0.3, 0.4) is 0 Å². The van der Waals surface area contributed by atoms with E-state index in [1.807, 2.05) is 13.0 Å². The van der Waals surface area contributed by atoms with Crippen molar-refractivity contribution in [3.8, 4) is 11.5 Å². The summed E-state index contributed by atoms with van der Waals surface area (Å²) in [6, 6.07) is 8.75. The summed E-state index contributed by atoms with van der Waals surface area (Å²) < 4.78 is 5.47. The molecule has 120 valence electrons. The summed E-state index contributed by atoms with van der Waals surface area (Å²) in [5.74, 6) is 0.570. The standard InChI is InChI=1S/C18H17Cl2NO2/c1-3-5-13-8-12(9-17(18(13)22)23-4-2)11-21-14-6-7-15(19)16(20)10-14/h3,6-11,22H,1,4-5H2,2H3. The normalized spacial score (nSPS) is 10.9. The number of hydrogen-bond acceptors (Lipinski definition) is 3. The largest absolute Gasteiger partial charge is 0.504 e. The third-order valence-corrected chi connectivity index (χ3v) is 3.85. The van der Waals surface area contributed by atoms with Crippen molar-refractivity contribution < 1.29 is 9.84 Å². The lowest BCUT2D eigenvalue weighted by atomic mass is 10.1. The van der Waals surface area contributed by atoms with Crippen molar-refractivity contribution in [3.05, 3.63) is 64.2 Å². The van der Waals surface area contributed by atoms with Crippen LogP contribution in [0, 0.1) is 0 Å². The Kier molecular flexibility index (Phi) is 6.08. The molecule has 2 aromatic carbocycles. The molecular weight excluding hydrogens is 333 g/mol. The number of ether oxygens (including phenoxy) is 1. The fourth-order valence-corrected chi connectivity index (χ4v) is 2.35. The van der Waals surface area contributed by atoms with Gasteiger partial charge in [-0.25, -0.2) is 0 Å². The summed E-state index contributed by atoms with van der Waals surface area (Å²) in [6.45, 7) is 6.03. The molecule has 0 aliphatic carbocycles. The summed E-state index contributed by atoms with van der Waals surface area (Å²) >= 11 is 11.9. The van der Waals surface area contributed by atoms with Crippen molar-refractivity contribution >= 4 is 35.1 Å². The van der Waals surface area contributed by atoms with Crippen LogP contribution in [0.5, 0.6) is 11.5 Å². The number of allylic oxidation sites excluding steroid dienone is 1. The van der Waals surface area contributed by atoms with Gasteiger partial charge in [0, 0.05) is 11.8 Å². The lowest BCUT2D eigenvalue weighted by molar-refractivity contribution is 0.317. The smallest absolute Gasteiger partial charge is 0.161 e. The van der Waals surface area contributed by atoms with Crippen molar-refractivity contribution in [2.75, 3.05) is 6.61 Å².